The molecule has 0 aliphatic carbocycles. The van der Waals surface area contributed by atoms with E-state index in [4.69, 9.17) is 26.6 Å². The monoisotopic (exact) mass is 502 g/mol. The first-order chi connectivity index (χ1) is 16.0. The maximum Gasteiger partial charge on any atom is 0.500 e. The molecular weight excluding hydrogens is 460 g/mol. The van der Waals surface area contributed by atoms with Gasteiger partial charge in [0.1, 0.15) is 24.8 Å². The zero-order valence-electron chi connectivity index (χ0n) is 21.1. The summed E-state index contributed by atoms with van der Waals surface area (Å²) in [7, 11) is 4.97. The van der Waals surface area contributed by atoms with Crippen LogP contribution in [-0.4, -0.2) is 69.4 Å². The summed E-state index contributed by atoms with van der Waals surface area (Å²) < 4.78 is 41.8. The van der Waals surface area contributed by atoms with E-state index in [2.05, 4.69) is 55.7 Å². The van der Waals surface area contributed by atoms with Crippen LogP contribution in [-0.2, 0) is 52.7 Å². The van der Waals surface area contributed by atoms with Gasteiger partial charge in [-0.3, -0.25) is 0 Å². The molecule has 10 nitrogen and oxygen atoms in total. The standard InChI is InChI=1S/C21H42N4O6Si2/c1-26-32(27-2,28-3)18-8-12-24-16-14-22(20-24)10-7-11-23-15-17-25(21-23)13-9-19-33(29-4,30-5)31-6/h14-17,20-21H,7-13,18-19H2,1-6H3/q+2. The highest BCUT2D eigenvalue weighted by molar-refractivity contribution is 6.60. The molecule has 0 aromatic carbocycles. The molecule has 33 heavy (non-hydrogen) atoms. The van der Waals surface area contributed by atoms with Crippen LogP contribution >= 0.6 is 0 Å². The Balaban J connectivity index is 1.70. The van der Waals surface area contributed by atoms with E-state index in [1.54, 1.807) is 42.7 Å². The summed E-state index contributed by atoms with van der Waals surface area (Å²) in [6, 6.07) is 1.60. The summed E-state index contributed by atoms with van der Waals surface area (Å²) in [5.74, 6) is 0. The Kier molecular flexibility index (Phi) is 11.9. The number of hydrogen-bond donors (Lipinski definition) is 0. The van der Waals surface area contributed by atoms with Gasteiger partial charge in [-0.25, -0.2) is 18.3 Å². The van der Waals surface area contributed by atoms with Crippen LogP contribution in [0.25, 0.3) is 0 Å². The number of aromatic nitrogens is 4. The second kappa shape index (κ2) is 14.1. The molecule has 0 spiro atoms. The first-order valence-corrected chi connectivity index (χ1v) is 15.2. The summed E-state index contributed by atoms with van der Waals surface area (Å²) in [6.07, 6.45) is 15.7. The summed E-state index contributed by atoms with van der Waals surface area (Å²) in [6.45, 7) is 3.77. The number of hydrogen-bond acceptors (Lipinski definition) is 6. The first kappa shape index (κ1) is 27.9. The third-order valence-corrected chi connectivity index (χ3v) is 11.7. The van der Waals surface area contributed by atoms with Crippen molar-refractivity contribution in [2.24, 2.45) is 0 Å². The molecule has 0 fully saturated rings. The number of aryl methyl sites for hydroxylation is 4. The molecule has 0 radical (unpaired) electrons. The molecule has 0 N–H and O–H groups in total. The molecule has 0 unspecified atom stereocenters. The van der Waals surface area contributed by atoms with E-state index < -0.39 is 17.6 Å². The number of rotatable bonds is 18. The summed E-state index contributed by atoms with van der Waals surface area (Å²) in [5, 5.41) is 0. The van der Waals surface area contributed by atoms with E-state index in [0.29, 0.717) is 0 Å². The molecule has 12 heteroatoms. The fourth-order valence-electron chi connectivity index (χ4n) is 3.91. The molecule has 0 saturated carbocycles. The molecule has 2 rings (SSSR count). The molecule has 0 aliphatic rings. The van der Waals surface area contributed by atoms with E-state index in [0.717, 1.165) is 57.5 Å². The average molecular weight is 503 g/mol. The summed E-state index contributed by atoms with van der Waals surface area (Å²) in [4.78, 5) is 0. The van der Waals surface area contributed by atoms with Crippen molar-refractivity contribution in [3.8, 4) is 0 Å². The highest BCUT2D eigenvalue weighted by Gasteiger charge is 2.38. The Bertz CT molecular complexity index is 715. The molecule has 188 valence electrons. The van der Waals surface area contributed by atoms with Gasteiger partial charge in [-0.05, 0) is 12.8 Å². The van der Waals surface area contributed by atoms with Crippen molar-refractivity contribution in [3.05, 3.63) is 37.4 Å². The molecule has 0 amide bonds. The van der Waals surface area contributed by atoms with Crippen LogP contribution < -0.4 is 9.13 Å². The van der Waals surface area contributed by atoms with Crippen molar-refractivity contribution in [2.45, 2.75) is 57.5 Å². The van der Waals surface area contributed by atoms with Crippen LogP contribution in [0.3, 0.4) is 0 Å². The maximum atomic E-state index is 5.49. The van der Waals surface area contributed by atoms with Gasteiger partial charge >= 0.3 is 17.6 Å². The Morgan fingerprint density at radius 2 is 0.939 bits per heavy atom. The zero-order valence-corrected chi connectivity index (χ0v) is 23.1. The molecule has 0 aliphatic heterocycles. The minimum absolute atomic E-state index is 0.799. The van der Waals surface area contributed by atoms with Gasteiger partial charge in [0.05, 0.1) is 26.2 Å². The summed E-state index contributed by atoms with van der Waals surface area (Å²) in [5.41, 5.74) is 0. The first-order valence-electron chi connectivity index (χ1n) is 11.4. The van der Waals surface area contributed by atoms with Crippen molar-refractivity contribution in [3.63, 3.8) is 0 Å². The van der Waals surface area contributed by atoms with Gasteiger partial charge in [0.25, 0.3) is 0 Å². The van der Waals surface area contributed by atoms with Gasteiger partial charge in [0, 0.05) is 61.2 Å². The van der Waals surface area contributed by atoms with Crippen LogP contribution in [0.15, 0.2) is 37.4 Å². The largest absolute Gasteiger partial charge is 0.500 e. The van der Waals surface area contributed by atoms with Crippen molar-refractivity contribution >= 4 is 17.6 Å². The third-order valence-electron chi connectivity index (χ3n) is 5.99. The van der Waals surface area contributed by atoms with Gasteiger partial charge in [0.15, 0.2) is 0 Å². The van der Waals surface area contributed by atoms with E-state index >= 15 is 0 Å². The van der Waals surface area contributed by atoms with Gasteiger partial charge in [-0.15, -0.1) is 0 Å². The second-order valence-corrected chi connectivity index (χ2v) is 14.1. The topological polar surface area (TPSA) is 73.0 Å². The lowest BCUT2D eigenvalue weighted by Gasteiger charge is -2.23. The van der Waals surface area contributed by atoms with Gasteiger partial charge in [0.2, 0.25) is 12.7 Å². The fourth-order valence-corrected chi connectivity index (χ4v) is 7.32. The molecule has 0 atom stereocenters. The Hall–Kier alpha value is -1.39. The molecule has 2 heterocycles. The normalized spacial score (nSPS) is 12.5. The van der Waals surface area contributed by atoms with Crippen molar-refractivity contribution in [2.75, 3.05) is 42.7 Å². The van der Waals surface area contributed by atoms with Crippen molar-refractivity contribution < 1.29 is 35.7 Å². The van der Waals surface area contributed by atoms with E-state index in [1.165, 1.54) is 0 Å². The van der Waals surface area contributed by atoms with Gasteiger partial charge < -0.3 is 26.6 Å². The van der Waals surface area contributed by atoms with Gasteiger partial charge in [-0.2, -0.15) is 0 Å². The van der Waals surface area contributed by atoms with Crippen LogP contribution in [0.5, 0.6) is 0 Å². The minimum Gasteiger partial charge on any atom is -0.377 e. The zero-order chi connectivity index (χ0) is 24.2. The average Bonchev–Trinajstić information content (AvgIpc) is 3.50. The van der Waals surface area contributed by atoms with E-state index in [9.17, 15) is 0 Å². The van der Waals surface area contributed by atoms with Crippen LogP contribution in [0.2, 0.25) is 12.1 Å². The SMILES string of the molecule is CO[Si](CCCn1cc[n+](CCC[n+]2ccn(CCC[Si](OC)(OC)OC)c2)c1)(OC)OC. The van der Waals surface area contributed by atoms with Crippen LogP contribution in [0.4, 0.5) is 0 Å². The lowest BCUT2D eigenvalue weighted by molar-refractivity contribution is -0.726. The van der Waals surface area contributed by atoms with Crippen molar-refractivity contribution in [1.82, 2.24) is 9.13 Å². The molecule has 2 aromatic rings. The highest BCUT2D eigenvalue weighted by atomic mass is 28.4. The fraction of sp³-hybridized carbons (Fsp3) is 0.714. The molecular formula is C21H42N4O6Si2+2. The highest BCUT2D eigenvalue weighted by Crippen LogP contribution is 2.16. The number of imidazole rings is 2. The van der Waals surface area contributed by atoms with Crippen LogP contribution in [0.1, 0.15) is 19.3 Å². The second-order valence-electron chi connectivity index (χ2n) is 7.93. The Labute approximate surface area is 200 Å². The van der Waals surface area contributed by atoms with E-state index in [-0.39, 0.29) is 0 Å². The van der Waals surface area contributed by atoms with Gasteiger partial charge in [-0.1, -0.05) is 0 Å². The number of nitrogens with zero attached hydrogens (tertiary/aromatic N) is 4. The Morgan fingerprint density at radius 1 is 0.576 bits per heavy atom. The van der Waals surface area contributed by atoms with Crippen molar-refractivity contribution in [1.29, 1.82) is 0 Å². The van der Waals surface area contributed by atoms with Crippen LogP contribution in [0, 0.1) is 0 Å². The smallest absolute Gasteiger partial charge is 0.377 e. The molecule has 0 bridgehead atoms. The predicted molar refractivity (Wildman–Crippen MR) is 126 cm³/mol. The lowest BCUT2D eigenvalue weighted by atomic mass is 10.4. The maximum absolute atomic E-state index is 5.49. The summed E-state index contributed by atoms with van der Waals surface area (Å²) >= 11 is 0. The lowest BCUT2D eigenvalue weighted by Crippen LogP contribution is -2.42. The minimum atomic E-state index is -2.49. The quantitative estimate of drug-likeness (QED) is 0.227. The Morgan fingerprint density at radius 3 is 1.27 bits per heavy atom. The molecule has 0 saturated heterocycles. The van der Waals surface area contributed by atoms with E-state index in [1.807, 2.05) is 0 Å². The third kappa shape index (κ3) is 8.40. The predicted octanol–water partition coefficient (Wildman–Crippen LogP) is 1.49. The molecule has 2 aromatic heterocycles.